The maximum absolute atomic E-state index is 12.8. The number of nitrogens with one attached hydrogen (secondary N) is 2. The van der Waals surface area contributed by atoms with Crippen LogP contribution in [0.1, 0.15) is 64.8 Å². The van der Waals surface area contributed by atoms with Crippen LogP contribution in [-0.4, -0.2) is 47.2 Å². The lowest BCUT2D eigenvalue weighted by Crippen LogP contribution is -2.54. The van der Waals surface area contributed by atoms with Crippen LogP contribution in [0.15, 0.2) is 18.2 Å². The maximum atomic E-state index is 12.8. The summed E-state index contributed by atoms with van der Waals surface area (Å²) < 4.78 is 0. The van der Waals surface area contributed by atoms with Crippen LogP contribution in [0, 0.1) is 5.92 Å². The number of fused-ring (bicyclic) bond motifs is 1. The van der Waals surface area contributed by atoms with E-state index in [1.807, 2.05) is 6.07 Å². The van der Waals surface area contributed by atoms with Crippen LogP contribution in [0.4, 0.5) is 0 Å². The van der Waals surface area contributed by atoms with Gasteiger partial charge in [-0.1, -0.05) is 12.5 Å². The average molecular weight is 398 g/mol. The number of rotatable bonds is 5. The van der Waals surface area contributed by atoms with Gasteiger partial charge in [0.25, 0.3) is 11.8 Å². The molecule has 0 aromatic heterocycles. The van der Waals surface area contributed by atoms with Gasteiger partial charge in [0.15, 0.2) is 0 Å². The van der Waals surface area contributed by atoms with Gasteiger partial charge in [-0.05, 0) is 55.8 Å². The second kappa shape index (κ2) is 8.04. The quantitative estimate of drug-likeness (QED) is 0.628. The predicted molar refractivity (Wildman–Crippen MR) is 105 cm³/mol. The first-order chi connectivity index (χ1) is 13.9. The van der Waals surface area contributed by atoms with Gasteiger partial charge in [-0.2, -0.15) is 0 Å². The van der Waals surface area contributed by atoms with E-state index in [9.17, 15) is 19.2 Å². The Morgan fingerprint density at radius 2 is 1.86 bits per heavy atom. The first kappa shape index (κ1) is 19.7. The van der Waals surface area contributed by atoms with Crippen molar-refractivity contribution in [3.05, 3.63) is 34.9 Å². The zero-order valence-corrected chi connectivity index (χ0v) is 16.3. The number of piperidine rings is 1. The van der Waals surface area contributed by atoms with Crippen molar-refractivity contribution in [2.45, 2.75) is 57.2 Å². The van der Waals surface area contributed by atoms with Crippen molar-refractivity contribution in [3.63, 3.8) is 0 Å². The van der Waals surface area contributed by atoms with Crippen LogP contribution in [0.25, 0.3) is 0 Å². The molecule has 1 saturated heterocycles. The summed E-state index contributed by atoms with van der Waals surface area (Å²) in [5, 5.41) is 5.63. The Hall–Kier alpha value is -2.58. The minimum Gasteiger partial charge on any atom is -0.328 e. The molecule has 2 heterocycles. The fourth-order valence-corrected chi connectivity index (χ4v) is 4.57. The monoisotopic (exact) mass is 398 g/mol. The maximum Gasteiger partial charge on any atom is 0.262 e. The van der Waals surface area contributed by atoms with Crippen molar-refractivity contribution < 1.29 is 19.2 Å². The molecule has 1 unspecified atom stereocenters. The van der Waals surface area contributed by atoms with Crippen molar-refractivity contribution in [2.75, 3.05) is 6.54 Å². The van der Waals surface area contributed by atoms with E-state index >= 15 is 0 Å². The number of nitrogens with two attached hydrogens (primary N) is 1. The van der Waals surface area contributed by atoms with Crippen molar-refractivity contribution in [2.24, 2.45) is 11.7 Å². The number of carbonyl (C=O) groups is 4. The van der Waals surface area contributed by atoms with Gasteiger partial charge in [-0.15, -0.1) is 0 Å². The first-order valence-electron chi connectivity index (χ1n) is 10.2. The van der Waals surface area contributed by atoms with Gasteiger partial charge in [0, 0.05) is 19.0 Å². The molecular formula is C21H26N4O4. The van der Waals surface area contributed by atoms with E-state index in [1.165, 1.54) is 12.8 Å². The van der Waals surface area contributed by atoms with Gasteiger partial charge in [0.05, 0.1) is 11.1 Å². The number of hydrogen-bond donors (Lipinski definition) is 3. The van der Waals surface area contributed by atoms with Gasteiger partial charge >= 0.3 is 0 Å². The molecule has 29 heavy (non-hydrogen) atoms. The standard InChI is InChI=1S/C21H26N4O4/c22-14-3-1-2-12(8-14)10-23-11-13-4-5-15-16(9-13)21(29)25(20(15)28)17-6-7-18(26)24-19(17)27/h4-5,9,12,14,17,23H,1-3,6-8,10-11,22H2,(H,24,26,27)/t12-,14-,17?/m1/s1. The number of imide groups is 2. The molecular weight excluding hydrogens is 372 g/mol. The smallest absolute Gasteiger partial charge is 0.262 e. The summed E-state index contributed by atoms with van der Waals surface area (Å²) in [4.78, 5) is 50.0. The van der Waals surface area contributed by atoms with E-state index in [-0.39, 0.29) is 24.8 Å². The molecule has 0 spiro atoms. The second-order valence-corrected chi connectivity index (χ2v) is 8.25. The third kappa shape index (κ3) is 3.95. The molecule has 1 aromatic rings. The molecule has 2 aliphatic heterocycles. The summed E-state index contributed by atoms with van der Waals surface area (Å²) >= 11 is 0. The summed E-state index contributed by atoms with van der Waals surface area (Å²) in [6.07, 6.45) is 4.75. The van der Waals surface area contributed by atoms with E-state index in [4.69, 9.17) is 5.73 Å². The molecule has 1 aromatic carbocycles. The topological polar surface area (TPSA) is 122 Å². The Labute approximate surface area is 169 Å². The third-order valence-electron chi connectivity index (χ3n) is 6.09. The molecule has 2 fully saturated rings. The van der Waals surface area contributed by atoms with E-state index in [1.54, 1.807) is 12.1 Å². The fourth-order valence-electron chi connectivity index (χ4n) is 4.57. The lowest BCUT2D eigenvalue weighted by molar-refractivity contribution is -0.136. The molecule has 0 radical (unpaired) electrons. The van der Waals surface area contributed by atoms with Gasteiger partial charge in [-0.25, -0.2) is 0 Å². The van der Waals surface area contributed by atoms with Crippen molar-refractivity contribution in [1.82, 2.24) is 15.5 Å². The Morgan fingerprint density at radius 1 is 1.07 bits per heavy atom. The Kier molecular flexibility index (Phi) is 5.47. The van der Waals surface area contributed by atoms with E-state index in [0.29, 0.717) is 23.6 Å². The highest BCUT2D eigenvalue weighted by molar-refractivity contribution is 6.23. The molecule has 4 rings (SSSR count). The molecule has 4 amide bonds. The van der Waals surface area contributed by atoms with Crippen LogP contribution >= 0.6 is 0 Å². The second-order valence-electron chi connectivity index (χ2n) is 8.25. The molecule has 8 nitrogen and oxygen atoms in total. The van der Waals surface area contributed by atoms with Gasteiger partial charge in [-0.3, -0.25) is 29.4 Å². The minimum atomic E-state index is -0.933. The zero-order valence-electron chi connectivity index (χ0n) is 16.3. The summed E-state index contributed by atoms with van der Waals surface area (Å²) in [6.45, 7) is 1.47. The summed E-state index contributed by atoms with van der Waals surface area (Å²) in [6, 6.07) is 4.56. The predicted octanol–water partition coefficient (Wildman–Crippen LogP) is 0.695. The summed E-state index contributed by atoms with van der Waals surface area (Å²) in [5.41, 5.74) is 7.58. The highest BCUT2D eigenvalue weighted by Gasteiger charge is 2.44. The Bertz CT molecular complexity index is 868. The molecule has 3 aliphatic rings. The number of carbonyl (C=O) groups excluding carboxylic acids is 4. The Balaban J connectivity index is 1.41. The van der Waals surface area contributed by atoms with Gasteiger partial charge in [0.2, 0.25) is 11.8 Å². The van der Waals surface area contributed by atoms with Crippen molar-refractivity contribution in [3.8, 4) is 0 Å². The van der Waals surface area contributed by atoms with E-state index < -0.39 is 23.8 Å². The lowest BCUT2D eigenvalue weighted by atomic mass is 9.86. The highest BCUT2D eigenvalue weighted by atomic mass is 16.2. The molecule has 4 N–H and O–H groups in total. The molecule has 3 atom stereocenters. The van der Waals surface area contributed by atoms with Crippen LogP contribution in [0.3, 0.4) is 0 Å². The largest absolute Gasteiger partial charge is 0.328 e. The average Bonchev–Trinajstić information content (AvgIpc) is 2.93. The van der Waals surface area contributed by atoms with Crippen LogP contribution < -0.4 is 16.4 Å². The van der Waals surface area contributed by atoms with Gasteiger partial charge in [0.1, 0.15) is 6.04 Å². The zero-order chi connectivity index (χ0) is 20.5. The summed E-state index contributed by atoms with van der Waals surface area (Å²) in [7, 11) is 0. The van der Waals surface area contributed by atoms with Crippen molar-refractivity contribution >= 4 is 23.6 Å². The molecule has 0 bridgehead atoms. The summed E-state index contributed by atoms with van der Waals surface area (Å²) in [5.74, 6) is -1.35. The molecule has 1 saturated carbocycles. The number of nitrogens with zero attached hydrogens (tertiary/aromatic N) is 1. The van der Waals surface area contributed by atoms with Crippen molar-refractivity contribution in [1.29, 1.82) is 0 Å². The SMILES string of the molecule is N[C@@H]1CCC[C@@H](CNCc2ccc3c(c2)C(=O)N(C2CCC(=O)NC2=O)C3=O)C1. The molecule has 154 valence electrons. The first-order valence-corrected chi connectivity index (χ1v) is 10.2. The number of amides is 4. The van der Waals surface area contributed by atoms with E-state index in [0.717, 1.165) is 29.8 Å². The van der Waals surface area contributed by atoms with Crippen LogP contribution in [0.2, 0.25) is 0 Å². The molecule has 1 aliphatic carbocycles. The molecule has 8 heteroatoms. The lowest BCUT2D eigenvalue weighted by Gasteiger charge is -2.27. The van der Waals surface area contributed by atoms with Crippen LogP contribution in [-0.2, 0) is 16.1 Å². The Morgan fingerprint density at radius 3 is 2.62 bits per heavy atom. The number of hydrogen-bond acceptors (Lipinski definition) is 6. The third-order valence-corrected chi connectivity index (χ3v) is 6.09. The minimum absolute atomic E-state index is 0.115. The van der Waals surface area contributed by atoms with E-state index in [2.05, 4.69) is 10.6 Å². The van der Waals surface area contributed by atoms with Crippen LogP contribution in [0.5, 0.6) is 0 Å². The normalized spacial score (nSPS) is 27.2. The van der Waals surface area contributed by atoms with Gasteiger partial charge < -0.3 is 11.1 Å². The highest BCUT2D eigenvalue weighted by Crippen LogP contribution is 2.28. The number of benzene rings is 1. The fraction of sp³-hybridized carbons (Fsp3) is 0.524.